The van der Waals surface area contributed by atoms with E-state index >= 15 is 0 Å². The average Bonchev–Trinajstić information content (AvgIpc) is 2.65. The fraction of sp³-hybridized carbons (Fsp3) is 0.917. The molecule has 0 aromatic heterocycles. The highest BCUT2D eigenvalue weighted by atomic mass is 16.3. The fourth-order valence-electron chi connectivity index (χ4n) is 2.96. The van der Waals surface area contributed by atoms with Crippen LogP contribution in [-0.2, 0) is 4.79 Å². The summed E-state index contributed by atoms with van der Waals surface area (Å²) in [5.41, 5.74) is 0. The first-order valence-corrected chi connectivity index (χ1v) is 6.01. The Morgan fingerprint density at radius 3 is 2.21 bits per heavy atom. The van der Waals surface area contributed by atoms with Crippen LogP contribution in [0.4, 0.5) is 0 Å². The van der Waals surface area contributed by atoms with E-state index in [1.807, 2.05) is 0 Å². The highest BCUT2D eigenvalue weighted by Crippen LogP contribution is 2.33. The van der Waals surface area contributed by atoms with Gasteiger partial charge in [-0.05, 0) is 25.7 Å². The summed E-state index contributed by atoms with van der Waals surface area (Å²) in [5, 5.41) is 9.67. The summed E-state index contributed by atoms with van der Waals surface area (Å²) in [5.74, 6) is 0.634. The van der Waals surface area contributed by atoms with Crippen molar-refractivity contribution in [2.24, 2.45) is 11.8 Å². The molecule has 0 aliphatic heterocycles. The van der Waals surface area contributed by atoms with Gasteiger partial charge < -0.3 is 5.11 Å². The summed E-state index contributed by atoms with van der Waals surface area (Å²) < 4.78 is 0. The van der Waals surface area contributed by atoms with Crippen LogP contribution in [0.2, 0.25) is 0 Å². The lowest BCUT2D eigenvalue weighted by atomic mass is 9.80. The van der Waals surface area contributed by atoms with Crippen molar-refractivity contribution in [1.82, 2.24) is 0 Å². The molecule has 0 amide bonds. The monoisotopic (exact) mass is 196 g/mol. The van der Waals surface area contributed by atoms with Gasteiger partial charge in [0, 0.05) is 11.8 Å². The Balaban J connectivity index is 1.92. The maximum atomic E-state index is 12.1. The van der Waals surface area contributed by atoms with E-state index in [2.05, 4.69) is 0 Å². The van der Waals surface area contributed by atoms with Crippen LogP contribution in [-0.4, -0.2) is 17.0 Å². The summed E-state index contributed by atoms with van der Waals surface area (Å²) >= 11 is 0. The number of aliphatic hydroxyl groups is 1. The van der Waals surface area contributed by atoms with E-state index in [9.17, 15) is 9.90 Å². The minimum absolute atomic E-state index is 0.0156. The number of hydrogen-bond acceptors (Lipinski definition) is 2. The van der Waals surface area contributed by atoms with Gasteiger partial charge in [-0.1, -0.05) is 25.7 Å². The second-order valence-corrected chi connectivity index (χ2v) is 4.84. The van der Waals surface area contributed by atoms with Crippen molar-refractivity contribution in [2.75, 3.05) is 0 Å². The maximum absolute atomic E-state index is 12.1. The lowest BCUT2D eigenvalue weighted by Gasteiger charge is -2.24. The van der Waals surface area contributed by atoms with Crippen LogP contribution in [0.25, 0.3) is 0 Å². The molecule has 2 fully saturated rings. The molecule has 0 saturated heterocycles. The smallest absolute Gasteiger partial charge is 0.141 e. The van der Waals surface area contributed by atoms with E-state index in [1.165, 1.54) is 19.3 Å². The number of carbonyl (C=O) groups is 1. The average molecular weight is 196 g/mol. The molecule has 2 aliphatic carbocycles. The molecular weight excluding hydrogens is 176 g/mol. The van der Waals surface area contributed by atoms with E-state index in [1.54, 1.807) is 0 Å². The molecule has 0 spiro atoms. The van der Waals surface area contributed by atoms with Crippen LogP contribution in [0.1, 0.15) is 51.4 Å². The third kappa shape index (κ3) is 2.00. The molecule has 14 heavy (non-hydrogen) atoms. The summed E-state index contributed by atoms with van der Waals surface area (Å²) in [6.45, 7) is 0. The zero-order valence-electron chi connectivity index (χ0n) is 8.74. The van der Waals surface area contributed by atoms with Crippen LogP contribution < -0.4 is 0 Å². The van der Waals surface area contributed by atoms with Crippen LogP contribution in [0, 0.1) is 11.8 Å². The van der Waals surface area contributed by atoms with Gasteiger partial charge in [-0.3, -0.25) is 4.79 Å². The van der Waals surface area contributed by atoms with Gasteiger partial charge in [0.25, 0.3) is 0 Å². The van der Waals surface area contributed by atoms with Gasteiger partial charge in [-0.25, -0.2) is 0 Å². The zero-order valence-corrected chi connectivity index (χ0v) is 8.74. The number of hydrogen-bond donors (Lipinski definition) is 1. The Hall–Kier alpha value is -0.370. The molecule has 0 bridgehead atoms. The molecule has 80 valence electrons. The molecule has 0 aromatic carbocycles. The molecule has 0 aromatic rings. The predicted molar refractivity (Wildman–Crippen MR) is 54.9 cm³/mol. The SMILES string of the molecule is O=C(C1CCCCC1)C1CCCC1O. The van der Waals surface area contributed by atoms with E-state index < -0.39 is 0 Å². The molecule has 2 unspecified atom stereocenters. The molecule has 2 atom stereocenters. The van der Waals surface area contributed by atoms with Crippen LogP contribution >= 0.6 is 0 Å². The second kappa shape index (κ2) is 4.43. The van der Waals surface area contributed by atoms with E-state index in [0.717, 1.165) is 32.1 Å². The quantitative estimate of drug-likeness (QED) is 0.735. The van der Waals surface area contributed by atoms with Crippen molar-refractivity contribution in [3.05, 3.63) is 0 Å². The lowest BCUT2D eigenvalue weighted by Crippen LogP contribution is -2.30. The van der Waals surface area contributed by atoms with Crippen molar-refractivity contribution in [2.45, 2.75) is 57.5 Å². The number of carbonyl (C=O) groups excluding carboxylic acids is 1. The normalized spacial score (nSPS) is 34.6. The van der Waals surface area contributed by atoms with Gasteiger partial charge >= 0.3 is 0 Å². The number of Topliss-reactive ketones (excluding diaryl/α,β-unsaturated/α-hetero) is 1. The van der Waals surface area contributed by atoms with Gasteiger partial charge in [-0.15, -0.1) is 0 Å². The van der Waals surface area contributed by atoms with Crippen LogP contribution in [0.3, 0.4) is 0 Å². The van der Waals surface area contributed by atoms with Crippen molar-refractivity contribution < 1.29 is 9.90 Å². The van der Waals surface area contributed by atoms with Crippen LogP contribution in [0.5, 0.6) is 0 Å². The predicted octanol–water partition coefficient (Wildman–Crippen LogP) is 2.30. The first kappa shape index (κ1) is 10.2. The molecule has 2 saturated carbocycles. The van der Waals surface area contributed by atoms with Crippen molar-refractivity contribution in [3.8, 4) is 0 Å². The Labute approximate surface area is 85.7 Å². The molecule has 2 heteroatoms. The molecule has 0 heterocycles. The standard InChI is InChI=1S/C12H20O2/c13-11-8-4-7-10(11)12(14)9-5-2-1-3-6-9/h9-11,13H,1-8H2. The Bertz CT molecular complexity index is 206. The second-order valence-electron chi connectivity index (χ2n) is 4.84. The largest absolute Gasteiger partial charge is 0.392 e. The Morgan fingerprint density at radius 2 is 1.64 bits per heavy atom. The maximum Gasteiger partial charge on any atom is 0.141 e. The number of rotatable bonds is 2. The highest BCUT2D eigenvalue weighted by Gasteiger charge is 2.35. The molecule has 2 nitrogen and oxygen atoms in total. The van der Waals surface area contributed by atoms with Crippen molar-refractivity contribution in [3.63, 3.8) is 0 Å². The highest BCUT2D eigenvalue weighted by molar-refractivity contribution is 5.84. The summed E-state index contributed by atoms with van der Waals surface area (Å²) in [6, 6.07) is 0. The first-order chi connectivity index (χ1) is 6.79. The van der Waals surface area contributed by atoms with Crippen molar-refractivity contribution >= 4 is 5.78 Å². The van der Waals surface area contributed by atoms with Gasteiger partial charge in [0.2, 0.25) is 0 Å². The summed E-state index contributed by atoms with van der Waals surface area (Å²) in [4.78, 5) is 12.1. The topological polar surface area (TPSA) is 37.3 Å². The number of aliphatic hydroxyl groups excluding tert-OH is 1. The molecular formula is C12H20O2. The minimum Gasteiger partial charge on any atom is -0.392 e. The first-order valence-electron chi connectivity index (χ1n) is 6.01. The van der Waals surface area contributed by atoms with E-state index in [4.69, 9.17) is 0 Å². The van der Waals surface area contributed by atoms with Gasteiger partial charge in [0.05, 0.1) is 6.10 Å². The van der Waals surface area contributed by atoms with Gasteiger partial charge in [0.15, 0.2) is 0 Å². The fourth-order valence-corrected chi connectivity index (χ4v) is 2.96. The van der Waals surface area contributed by atoms with Gasteiger partial charge in [-0.2, -0.15) is 0 Å². The molecule has 2 rings (SSSR count). The van der Waals surface area contributed by atoms with Crippen LogP contribution in [0.15, 0.2) is 0 Å². The third-order valence-corrected chi connectivity index (χ3v) is 3.85. The molecule has 0 radical (unpaired) electrons. The molecule has 1 N–H and O–H groups in total. The minimum atomic E-state index is -0.329. The van der Waals surface area contributed by atoms with Gasteiger partial charge in [0.1, 0.15) is 5.78 Å². The van der Waals surface area contributed by atoms with E-state index in [-0.39, 0.29) is 17.9 Å². The zero-order chi connectivity index (χ0) is 9.97. The Morgan fingerprint density at radius 1 is 0.929 bits per heavy atom. The third-order valence-electron chi connectivity index (χ3n) is 3.85. The molecule has 2 aliphatic rings. The Kier molecular flexibility index (Phi) is 3.22. The van der Waals surface area contributed by atoms with Crippen molar-refractivity contribution in [1.29, 1.82) is 0 Å². The summed E-state index contributed by atoms with van der Waals surface area (Å²) in [6.07, 6.45) is 8.31. The van der Waals surface area contributed by atoms with E-state index in [0.29, 0.717) is 5.78 Å². The summed E-state index contributed by atoms with van der Waals surface area (Å²) in [7, 11) is 0. The number of ketones is 1. The lowest BCUT2D eigenvalue weighted by molar-refractivity contribution is -0.130.